The molecule has 3 rings (SSSR count). The summed E-state index contributed by atoms with van der Waals surface area (Å²) in [7, 11) is 2.15. The average Bonchev–Trinajstić information content (AvgIpc) is 2.84. The summed E-state index contributed by atoms with van der Waals surface area (Å²) in [5, 5.41) is -0.156. The maximum atomic E-state index is 12.7. The Labute approximate surface area is 148 Å². The predicted molar refractivity (Wildman–Crippen MR) is 95.9 cm³/mol. The van der Waals surface area contributed by atoms with Crippen molar-refractivity contribution in [3.63, 3.8) is 0 Å². The Balaban J connectivity index is 1.72. The van der Waals surface area contributed by atoms with Gasteiger partial charge in [-0.1, -0.05) is 29.8 Å². The fourth-order valence-corrected chi connectivity index (χ4v) is 4.49. The summed E-state index contributed by atoms with van der Waals surface area (Å²) in [6, 6.07) is 8.25. The van der Waals surface area contributed by atoms with Crippen molar-refractivity contribution in [2.75, 3.05) is 39.8 Å². The molecule has 0 unspecified atom stereocenters. The monoisotopic (exact) mass is 348 g/mol. The lowest BCUT2D eigenvalue weighted by molar-refractivity contribution is -0.883. The van der Waals surface area contributed by atoms with E-state index >= 15 is 0 Å². The highest BCUT2D eigenvalue weighted by Gasteiger charge is 2.40. The van der Waals surface area contributed by atoms with Crippen LogP contribution in [0.5, 0.6) is 0 Å². The Morgan fingerprint density at radius 2 is 1.88 bits per heavy atom. The Morgan fingerprint density at radius 1 is 1.25 bits per heavy atom. The lowest BCUT2D eigenvalue weighted by atomic mass is 10.1. The van der Waals surface area contributed by atoms with Crippen molar-refractivity contribution < 1.29 is 14.5 Å². The van der Waals surface area contributed by atoms with Crippen LogP contribution in [0.2, 0.25) is 0 Å². The molecule has 2 aliphatic rings. The van der Waals surface area contributed by atoms with Gasteiger partial charge in [0.25, 0.3) is 0 Å². The number of nitrogens with zero attached hydrogens (tertiary/aromatic N) is 2. The van der Waals surface area contributed by atoms with Crippen LogP contribution in [0.15, 0.2) is 24.3 Å². The molecule has 2 fully saturated rings. The fraction of sp³-hybridized carbons (Fsp3) is 0.556. The minimum atomic E-state index is -0.0963. The van der Waals surface area contributed by atoms with Gasteiger partial charge >= 0.3 is 0 Å². The third kappa shape index (κ3) is 3.59. The number of hydrogen-bond donors (Lipinski definition) is 1. The summed E-state index contributed by atoms with van der Waals surface area (Å²) >= 11 is 1.63. The third-order valence-corrected chi connectivity index (χ3v) is 6.28. The van der Waals surface area contributed by atoms with Crippen molar-refractivity contribution in [1.29, 1.82) is 0 Å². The van der Waals surface area contributed by atoms with E-state index in [1.807, 2.05) is 11.8 Å². The van der Waals surface area contributed by atoms with Gasteiger partial charge in [0.15, 0.2) is 0 Å². The second-order valence-electron chi connectivity index (χ2n) is 6.85. The molecule has 2 amide bonds. The molecule has 1 aromatic rings. The molecular formula is C18H26N3O2S+. The summed E-state index contributed by atoms with van der Waals surface area (Å²) in [5.74, 6) is 0.140. The molecule has 2 saturated heterocycles. The van der Waals surface area contributed by atoms with Gasteiger partial charge in [0.2, 0.25) is 11.8 Å². The molecule has 130 valence electrons. The van der Waals surface area contributed by atoms with Crippen LogP contribution >= 0.6 is 11.8 Å². The van der Waals surface area contributed by atoms with Crippen LogP contribution in [0.1, 0.15) is 23.4 Å². The highest BCUT2D eigenvalue weighted by Crippen LogP contribution is 2.42. The lowest BCUT2D eigenvalue weighted by Crippen LogP contribution is -3.12. The molecule has 0 radical (unpaired) electrons. The number of rotatable bonds is 3. The van der Waals surface area contributed by atoms with Crippen molar-refractivity contribution in [2.45, 2.75) is 24.5 Å². The molecule has 24 heavy (non-hydrogen) atoms. The number of aryl methyl sites for hydroxylation is 1. The molecule has 0 aromatic heterocycles. The van der Waals surface area contributed by atoms with Gasteiger partial charge in [0.1, 0.15) is 11.9 Å². The number of carbonyl (C=O) groups excluding carboxylic acids is 2. The van der Waals surface area contributed by atoms with E-state index in [1.54, 1.807) is 16.7 Å². The first-order valence-corrected chi connectivity index (χ1v) is 9.51. The van der Waals surface area contributed by atoms with E-state index in [2.05, 4.69) is 38.2 Å². The zero-order chi connectivity index (χ0) is 17.3. The number of carbonyl (C=O) groups is 2. The number of amides is 2. The Kier molecular flexibility index (Phi) is 5.15. The number of nitrogens with one attached hydrogen (secondary N) is 1. The van der Waals surface area contributed by atoms with Gasteiger partial charge < -0.3 is 14.7 Å². The number of likely N-dealkylation sites (N-methyl/N-ethyl adjacent to an activating group) is 1. The summed E-state index contributed by atoms with van der Waals surface area (Å²) in [4.78, 5) is 30.3. The lowest BCUT2D eigenvalue weighted by Gasteiger charge is -2.32. The van der Waals surface area contributed by atoms with E-state index in [0.29, 0.717) is 0 Å². The van der Waals surface area contributed by atoms with E-state index < -0.39 is 0 Å². The number of benzene rings is 1. The second-order valence-corrected chi connectivity index (χ2v) is 8.27. The third-order valence-electron chi connectivity index (χ3n) is 4.88. The van der Waals surface area contributed by atoms with Crippen LogP contribution in [-0.2, 0) is 9.59 Å². The highest BCUT2D eigenvalue weighted by molar-refractivity contribution is 8.01. The molecule has 2 heterocycles. The van der Waals surface area contributed by atoms with Gasteiger partial charge in [-0.05, 0) is 19.4 Å². The number of hydrogen-bond acceptors (Lipinski definition) is 3. The summed E-state index contributed by atoms with van der Waals surface area (Å²) < 4.78 is 0. The maximum Gasteiger partial charge on any atom is 0.242 e. The van der Waals surface area contributed by atoms with Crippen LogP contribution in [0.4, 0.5) is 0 Å². The standard InChI is InChI=1S/C18H25N3O2S/c1-13-4-6-15(7-5-13)18-21(17(23)14(2)24-18)12-16(22)20-10-8-19(3)9-11-20/h4-7,14,18H,8-12H2,1-3H3/p+1/t14-,18+/m1/s1. The van der Waals surface area contributed by atoms with Crippen molar-refractivity contribution in [2.24, 2.45) is 0 Å². The van der Waals surface area contributed by atoms with E-state index in [4.69, 9.17) is 0 Å². The first-order chi connectivity index (χ1) is 11.5. The molecule has 5 nitrogen and oxygen atoms in total. The summed E-state index contributed by atoms with van der Waals surface area (Å²) in [6.07, 6.45) is 0. The minimum absolute atomic E-state index is 0.0601. The van der Waals surface area contributed by atoms with E-state index in [1.165, 1.54) is 10.5 Å². The zero-order valence-corrected chi connectivity index (χ0v) is 15.4. The molecule has 2 atom stereocenters. The van der Waals surface area contributed by atoms with E-state index in [-0.39, 0.29) is 29.0 Å². The van der Waals surface area contributed by atoms with Crippen molar-refractivity contribution in [3.8, 4) is 0 Å². The molecule has 0 bridgehead atoms. The molecule has 0 aliphatic carbocycles. The first kappa shape index (κ1) is 17.3. The maximum absolute atomic E-state index is 12.7. The SMILES string of the molecule is Cc1ccc([C@@H]2S[C@H](C)C(=O)N2CC(=O)N2CC[NH+](C)CC2)cc1. The molecule has 1 N–H and O–H groups in total. The van der Waals surface area contributed by atoms with Crippen LogP contribution < -0.4 is 4.90 Å². The van der Waals surface area contributed by atoms with Gasteiger partial charge in [-0.2, -0.15) is 0 Å². The average molecular weight is 348 g/mol. The van der Waals surface area contributed by atoms with Crippen LogP contribution in [-0.4, -0.2) is 66.6 Å². The number of quaternary nitrogens is 1. The van der Waals surface area contributed by atoms with E-state index in [0.717, 1.165) is 31.7 Å². The van der Waals surface area contributed by atoms with Crippen LogP contribution in [0.3, 0.4) is 0 Å². The summed E-state index contributed by atoms with van der Waals surface area (Å²) in [5.41, 5.74) is 2.29. The molecule has 2 aliphatic heterocycles. The van der Waals surface area contributed by atoms with Gasteiger partial charge in [-0.15, -0.1) is 11.8 Å². The fourth-order valence-electron chi connectivity index (χ4n) is 3.21. The molecule has 1 aromatic carbocycles. The molecule has 6 heteroatoms. The van der Waals surface area contributed by atoms with Crippen LogP contribution in [0.25, 0.3) is 0 Å². The van der Waals surface area contributed by atoms with Crippen molar-refractivity contribution in [1.82, 2.24) is 9.80 Å². The highest BCUT2D eigenvalue weighted by atomic mass is 32.2. The van der Waals surface area contributed by atoms with Crippen LogP contribution in [0, 0.1) is 6.92 Å². The predicted octanol–water partition coefficient (Wildman–Crippen LogP) is 0.314. The number of piperazine rings is 1. The second kappa shape index (κ2) is 7.15. The Bertz CT molecular complexity index is 611. The normalized spacial score (nSPS) is 25.4. The topological polar surface area (TPSA) is 45.1 Å². The minimum Gasteiger partial charge on any atom is -0.334 e. The molecule has 0 saturated carbocycles. The zero-order valence-electron chi connectivity index (χ0n) is 14.6. The summed E-state index contributed by atoms with van der Waals surface area (Å²) in [6.45, 7) is 7.69. The van der Waals surface area contributed by atoms with Gasteiger partial charge in [-0.25, -0.2) is 0 Å². The van der Waals surface area contributed by atoms with Crippen molar-refractivity contribution in [3.05, 3.63) is 35.4 Å². The van der Waals surface area contributed by atoms with Gasteiger partial charge in [0, 0.05) is 0 Å². The Hall–Kier alpha value is -1.53. The molecule has 0 spiro atoms. The number of thioether (sulfide) groups is 1. The quantitative estimate of drug-likeness (QED) is 0.855. The largest absolute Gasteiger partial charge is 0.334 e. The Morgan fingerprint density at radius 3 is 2.50 bits per heavy atom. The van der Waals surface area contributed by atoms with E-state index in [9.17, 15) is 9.59 Å². The smallest absolute Gasteiger partial charge is 0.242 e. The molecular weight excluding hydrogens is 322 g/mol. The first-order valence-electron chi connectivity index (χ1n) is 8.57. The van der Waals surface area contributed by atoms with Gasteiger partial charge in [-0.3, -0.25) is 9.59 Å². The van der Waals surface area contributed by atoms with Gasteiger partial charge in [0.05, 0.1) is 38.5 Å². The van der Waals surface area contributed by atoms with Crippen molar-refractivity contribution >= 4 is 23.6 Å².